The van der Waals surface area contributed by atoms with Crippen LogP contribution in [0.3, 0.4) is 0 Å². The van der Waals surface area contributed by atoms with E-state index in [0.29, 0.717) is 28.1 Å². The number of thioether (sulfide) groups is 1. The number of nitriles is 1. The second-order valence-electron chi connectivity index (χ2n) is 8.42. The standard InChI is InChI=1S/C23H26N4O3S/c1-13(18-10-14-3-4-16(18)9-14)25-20(28)12-31-23-26-21(19(11-24)22(29)27-23)15-5-7-17(30-2)8-6-15/h5-8,13-14,16,18H,3-4,9-10,12H2,1-2H3,(H,25,28)(H,26,27,29)/t13-,14-,16-,18-/m0/s1. The molecule has 2 fully saturated rings. The Morgan fingerprint density at radius 1 is 1.35 bits per heavy atom. The van der Waals surface area contributed by atoms with E-state index in [1.165, 1.54) is 37.4 Å². The van der Waals surface area contributed by atoms with Crippen molar-refractivity contribution < 1.29 is 9.53 Å². The van der Waals surface area contributed by atoms with Crippen molar-refractivity contribution in [2.75, 3.05) is 12.9 Å². The average Bonchev–Trinajstić information content (AvgIpc) is 3.41. The predicted octanol–water partition coefficient (Wildman–Crippen LogP) is 3.35. The van der Waals surface area contributed by atoms with Gasteiger partial charge in [-0.1, -0.05) is 18.2 Å². The quantitative estimate of drug-likeness (QED) is 0.507. The number of rotatable bonds is 7. The van der Waals surface area contributed by atoms with Gasteiger partial charge in [-0.25, -0.2) is 4.98 Å². The first-order valence-corrected chi connectivity index (χ1v) is 11.6. The number of carbonyl (C=O) groups is 1. The topological polar surface area (TPSA) is 108 Å². The number of fused-ring (bicyclic) bond motifs is 2. The van der Waals surface area contributed by atoms with E-state index in [-0.39, 0.29) is 23.3 Å². The molecule has 4 rings (SSSR count). The van der Waals surface area contributed by atoms with Crippen molar-refractivity contribution in [3.63, 3.8) is 0 Å². The van der Waals surface area contributed by atoms with Gasteiger partial charge in [-0.15, -0.1) is 0 Å². The van der Waals surface area contributed by atoms with Crippen molar-refractivity contribution >= 4 is 17.7 Å². The number of nitrogens with one attached hydrogen (secondary N) is 2. The molecule has 2 aliphatic rings. The minimum absolute atomic E-state index is 0.0520. The van der Waals surface area contributed by atoms with Gasteiger partial charge in [0, 0.05) is 11.6 Å². The Labute approximate surface area is 185 Å². The minimum Gasteiger partial charge on any atom is -0.497 e. The summed E-state index contributed by atoms with van der Waals surface area (Å²) in [6, 6.07) is 9.08. The van der Waals surface area contributed by atoms with Crippen LogP contribution in [0.5, 0.6) is 5.75 Å². The van der Waals surface area contributed by atoms with E-state index >= 15 is 0 Å². The lowest BCUT2D eigenvalue weighted by molar-refractivity contribution is -0.119. The van der Waals surface area contributed by atoms with Crippen LogP contribution in [0, 0.1) is 29.1 Å². The Morgan fingerprint density at radius 3 is 2.74 bits per heavy atom. The summed E-state index contributed by atoms with van der Waals surface area (Å²) in [5.74, 6) is 2.91. The molecule has 31 heavy (non-hydrogen) atoms. The molecular weight excluding hydrogens is 412 g/mol. The summed E-state index contributed by atoms with van der Waals surface area (Å²) in [6.07, 6.45) is 5.15. The molecule has 0 aliphatic heterocycles. The second kappa shape index (κ2) is 9.15. The number of carbonyl (C=O) groups excluding carboxylic acids is 1. The Hall–Kier alpha value is -2.79. The summed E-state index contributed by atoms with van der Waals surface area (Å²) in [7, 11) is 1.57. The first-order chi connectivity index (χ1) is 15.0. The molecule has 0 spiro atoms. The van der Waals surface area contributed by atoms with Gasteiger partial charge >= 0.3 is 0 Å². The molecule has 8 heteroatoms. The zero-order valence-corrected chi connectivity index (χ0v) is 18.5. The van der Waals surface area contributed by atoms with Crippen LogP contribution in [0.4, 0.5) is 0 Å². The number of nitrogens with zero attached hydrogens (tertiary/aromatic N) is 2. The Kier molecular flexibility index (Phi) is 6.33. The van der Waals surface area contributed by atoms with Crippen molar-refractivity contribution in [3.8, 4) is 23.1 Å². The monoisotopic (exact) mass is 438 g/mol. The molecule has 2 bridgehead atoms. The SMILES string of the molecule is COc1ccc(-c2nc(SCC(=O)N[C@@H](C)[C@@H]3C[C@H]4CC[C@H]3C4)[nH]c(=O)c2C#N)cc1. The zero-order chi connectivity index (χ0) is 22.0. The van der Waals surface area contributed by atoms with Gasteiger partial charge in [-0.3, -0.25) is 9.59 Å². The summed E-state index contributed by atoms with van der Waals surface area (Å²) in [5, 5.41) is 12.9. The molecule has 2 aromatic rings. The van der Waals surface area contributed by atoms with Gasteiger partial charge in [0.25, 0.3) is 5.56 Å². The van der Waals surface area contributed by atoms with Gasteiger partial charge in [0.1, 0.15) is 17.4 Å². The maximum absolute atomic E-state index is 12.5. The predicted molar refractivity (Wildman–Crippen MR) is 119 cm³/mol. The number of hydrogen-bond acceptors (Lipinski definition) is 6. The molecule has 1 amide bonds. The van der Waals surface area contributed by atoms with E-state index in [1.54, 1.807) is 31.4 Å². The van der Waals surface area contributed by atoms with Crippen molar-refractivity contribution in [1.29, 1.82) is 5.26 Å². The third kappa shape index (κ3) is 4.62. The third-order valence-electron chi connectivity index (χ3n) is 6.54. The molecule has 2 aliphatic carbocycles. The Morgan fingerprint density at radius 2 is 2.13 bits per heavy atom. The van der Waals surface area contributed by atoms with E-state index in [9.17, 15) is 14.9 Å². The highest BCUT2D eigenvalue weighted by Gasteiger charge is 2.42. The normalized spacial score (nSPS) is 22.7. The molecule has 2 N–H and O–H groups in total. The molecule has 162 valence electrons. The molecule has 1 aromatic heterocycles. The van der Waals surface area contributed by atoms with E-state index in [2.05, 4.69) is 22.2 Å². The first kappa shape index (κ1) is 21.4. The maximum Gasteiger partial charge on any atom is 0.270 e. The van der Waals surface area contributed by atoms with Gasteiger partial charge < -0.3 is 15.0 Å². The van der Waals surface area contributed by atoms with Crippen LogP contribution in [0.2, 0.25) is 0 Å². The van der Waals surface area contributed by atoms with Gasteiger partial charge in [0.2, 0.25) is 5.91 Å². The van der Waals surface area contributed by atoms with Crippen LogP contribution in [0.25, 0.3) is 11.3 Å². The summed E-state index contributed by atoms with van der Waals surface area (Å²) in [4.78, 5) is 32.0. The molecular formula is C23H26N4O3S. The summed E-state index contributed by atoms with van der Waals surface area (Å²) < 4.78 is 5.16. The van der Waals surface area contributed by atoms with E-state index in [0.717, 1.165) is 11.8 Å². The number of ether oxygens (including phenoxy) is 1. The van der Waals surface area contributed by atoms with Crippen molar-refractivity contribution in [3.05, 3.63) is 40.2 Å². The lowest BCUT2D eigenvalue weighted by atomic mass is 9.84. The number of H-pyrrole nitrogens is 1. The lowest BCUT2D eigenvalue weighted by Crippen LogP contribution is -2.41. The van der Waals surface area contributed by atoms with Crippen molar-refractivity contribution in [2.24, 2.45) is 17.8 Å². The molecule has 4 atom stereocenters. The van der Waals surface area contributed by atoms with Crippen LogP contribution >= 0.6 is 11.8 Å². The number of aromatic amines is 1. The molecule has 1 aromatic carbocycles. The fourth-order valence-corrected chi connectivity index (χ4v) is 5.70. The van der Waals surface area contributed by atoms with Gasteiger partial charge in [-0.05, 0) is 68.2 Å². The number of aromatic nitrogens is 2. The van der Waals surface area contributed by atoms with Crippen LogP contribution in [0.1, 0.15) is 38.2 Å². The highest BCUT2D eigenvalue weighted by Crippen LogP contribution is 2.49. The van der Waals surface area contributed by atoms with Crippen molar-refractivity contribution in [1.82, 2.24) is 15.3 Å². The summed E-state index contributed by atoms with van der Waals surface area (Å²) in [5.41, 5.74) is 0.372. The molecule has 7 nitrogen and oxygen atoms in total. The molecule has 1 heterocycles. The number of hydrogen-bond donors (Lipinski definition) is 2. The zero-order valence-electron chi connectivity index (χ0n) is 17.7. The highest BCUT2D eigenvalue weighted by molar-refractivity contribution is 7.99. The second-order valence-corrected chi connectivity index (χ2v) is 9.38. The Balaban J connectivity index is 1.43. The van der Waals surface area contributed by atoms with Crippen molar-refractivity contribution in [2.45, 2.75) is 43.8 Å². The Bertz CT molecular complexity index is 1060. The lowest BCUT2D eigenvalue weighted by Gasteiger charge is -2.28. The van der Waals surface area contributed by atoms with E-state index in [4.69, 9.17) is 4.74 Å². The van der Waals surface area contributed by atoms with Crippen LogP contribution in [-0.4, -0.2) is 34.8 Å². The first-order valence-electron chi connectivity index (χ1n) is 10.6. The molecule has 0 radical (unpaired) electrons. The van der Waals surface area contributed by atoms with Crippen LogP contribution in [-0.2, 0) is 4.79 Å². The molecule has 0 unspecified atom stereocenters. The summed E-state index contributed by atoms with van der Waals surface area (Å²) in [6.45, 7) is 2.09. The smallest absolute Gasteiger partial charge is 0.270 e. The van der Waals surface area contributed by atoms with E-state index in [1.807, 2.05) is 6.07 Å². The summed E-state index contributed by atoms with van der Waals surface area (Å²) >= 11 is 1.17. The van der Waals surface area contributed by atoms with Crippen LogP contribution in [0.15, 0.2) is 34.2 Å². The van der Waals surface area contributed by atoms with Gasteiger partial charge in [0.15, 0.2) is 5.16 Å². The maximum atomic E-state index is 12.5. The van der Waals surface area contributed by atoms with Gasteiger partial charge in [0.05, 0.1) is 18.6 Å². The fourth-order valence-electron chi connectivity index (χ4n) is 5.03. The van der Waals surface area contributed by atoms with Crippen LogP contribution < -0.4 is 15.6 Å². The largest absolute Gasteiger partial charge is 0.497 e. The average molecular weight is 439 g/mol. The highest BCUT2D eigenvalue weighted by atomic mass is 32.2. The minimum atomic E-state index is -0.512. The number of amides is 1. The number of methoxy groups -OCH3 is 1. The fraction of sp³-hybridized carbons (Fsp3) is 0.478. The van der Waals surface area contributed by atoms with Gasteiger partial charge in [-0.2, -0.15) is 5.26 Å². The molecule has 0 saturated heterocycles. The third-order valence-corrected chi connectivity index (χ3v) is 7.41. The molecule has 2 saturated carbocycles. The van der Waals surface area contributed by atoms with E-state index < -0.39 is 5.56 Å². The number of benzene rings is 1.